The lowest BCUT2D eigenvalue weighted by molar-refractivity contribution is -0.143. The lowest BCUT2D eigenvalue weighted by atomic mass is 9.92. The summed E-state index contributed by atoms with van der Waals surface area (Å²) in [6.07, 6.45) is 4.23. The number of aliphatic carboxylic acids is 1. The van der Waals surface area contributed by atoms with Crippen molar-refractivity contribution in [2.24, 2.45) is 5.92 Å². The third-order valence-corrected chi connectivity index (χ3v) is 3.80. The van der Waals surface area contributed by atoms with Crippen LogP contribution in [0.1, 0.15) is 25.3 Å². The average Bonchev–Trinajstić information content (AvgIpc) is 2.90. The van der Waals surface area contributed by atoms with Crippen molar-refractivity contribution in [2.45, 2.75) is 32.4 Å². The fraction of sp³-hybridized carbons (Fsp3) is 0.571. The molecule has 1 aliphatic heterocycles. The van der Waals surface area contributed by atoms with Gasteiger partial charge in [0.2, 0.25) is 0 Å². The number of carboxylic acid groups (broad SMARTS) is 1. The smallest absolute Gasteiger partial charge is 0.320 e. The van der Waals surface area contributed by atoms with Gasteiger partial charge >= 0.3 is 12.0 Å². The van der Waals surface area contributed by atoms with E-state index in [1.807, 2.05) is 13.0 Å². The van der Waals surface area contributed by atoms with E-state index in [9.17, 15) is 9.59 Å². The zero-order valence-corrected chi connectivity index (χ0v) is 11.8. The van der Waals surface area contributed by atoms with Gasteiger partial charge in [0.1, 0.15) is 0 Å². The van der Waals surface area contributed by atoms with Gasteiger partial charge in [0.05, 0.1) is 25.0 Å². The van der Waals surface area contributed by atoms with Crippen LogP contribution in [-0.2, 0) is 11.3 Å². The number of carbonyl (C=O) groups excluding carboxylic acids is 1. The Morgan fingerprint density at radius 3 is 2.85 bits per heavy atom. The monoisotopic (exact) mass is 280 g/mol. The minimum Gasteiger partial charge on any atom is -0.481 e. The Kier molecular flexibility index (Phi) is 4.32. The van der Waals surface area contributed by atoms with E-state index in [2.05, 4.69) is 0 Å². The van der Waals surface area contributed by atoms with Crippen molar-refractivity contribution in [3.05, 3.63) is 24.2 Å². The van der Waals surface area contributed by atoms with Gasteiger partial charge in [0, 0.05) is 25.2 Å². The zero-order valence-electron chi connectivity index (χ0n) is 11.8. The molecule has 0 aliphatic carbocycles. The molecule has 2 unspecified atom stereocenters. The predicted octanol–water partition coefficient (Wildman–Crippen LogP) is 2.02. The Morgan fingerprint density at radius 1 is 1.55 bits per heavy atom. The summed E-state index contributed by atoms with van der Waals surface area (Å²) in [5.41, 5.74) is 0.939. The molecule has 1 aromatic rings. The first kappa shape index (κ1) is 14.4. The van der Waals surface area contributed by atoms with Crippen LogP contribution in [-0.4, -0.2) is 46.5 Å². The van der Waals surface area contributed by atoms with E-state index in [0.29, 0.717) is 25.9 Å². The molecular formula is C14H20N2O4. The van der Waals surface area contributed by atoms with E-state index in [1.54, 1.807) is 29.4 Å². The predicted molar refractivity (Wildman–Crippen MR) is 72.1 cm³/mol. The van der Waals surface area contributed by atoms with E-state index in [1.165, 1.54) is 0 Å². The van der Waals surface area contributed by atoms with Crippen molar-refractivity contribution in [3.8, 4) is 0 Å². The number of piperidine rings is 1. The zero-order chi connectivity index (χ0) is 14.7. The number of amides is 2. The number of carbonyl (C=O) groups is 2. The van der Waals surface area contributed by atoms with Gasteiger partial charge in [0.15, 0.2) is 0 Å². The minimum atomic E-state index is -0.768. The topological polar surface area (TPSA) is 74.0 Å². The number of rotatable bonds is 3. The molecule has 0 spiro atoms. The molecule has 1 fully saturated rings. The van der Waals surface area contributed by atoms with Gasteiger partial charge in [0.25, 0.3) is 0 Å². The van der Waals surface area contributed by atoms with Crippen molar-refractivity contribution >= 4 is 12.0 Å². The van der Waals surface area contributed by atoms with Gasteiger partial charge in [-0.3, -0.25) is 4.79 Å². The normalized spacial score (nSPS) is 22.6. The molecule has 0 aromatic carbocycles. The average molecular weight is 280 g/mol. The number of nitrogens with zero attached hydrogens (tertiary/aromatic N) is 2. The second-order valence-electron chi connectivity index (χ2n) is 5.37. The Morgan fingerprint density at radius 2 is 2.30 bits per heavy atom. The molecule has 2 rings (SSSR count). The summed E-state index contributed by atoms with van der Waals surface area (Å²) in [7, 11) is 1.74. The van der Waals surface area contributed by atoms with E-state index >= 15 is 0 Å². The van der Waals surface area contributed by atoms with Crippen LogP contribution in [0.25, 0.3) is 0 Å². The number of furan rings is 1. The molecule has 20 heavy (non-hydrogen) atoms. The van der Waals surface area contributed by atoms with Crippen LogP contribution in [0.5, 0.6) is 0 Å². The first-order valence-corrected chi connectivity index (χ1v) is 6.74. The second-order valence-corrected chi connectivity index (χ2v) is 5.37. The maximum Gasteiger partial charge on any atom is 0.320 e. The molecule has 1 saturated heterocycles. The second kappa shape index (κ2) is 5.98. The molecule has 2 atom stereocenters. The summed E-state index contributed by atoms with van der Waals surface area (Å²) in [4.78, 5) is 26.8. The number of hydrogen-bond donors (Lipinski definition) is 1. The van der Waals surface area contributed by atoms with E-state index in [0.717, 1.165) is 5.56 Å². The molecule has 6 heteroatoms. The van der Waals surface area contributed by atoms with Crippen molar-refractivity contribution in [1.82, 2.24) is 9.80 Å². The largest absolute Gasteiger partial charge is 0.481 e. The maximum atomic E-state index is 12.4. The quantitative estimate of drug-likeness (QED) is 0.919. The van der Waals surface area contributed by atoms with Crippen LogP contribution >= 0.6 is 0 Å². The van der Waals surface area contributed by atoms with E-state index in [-0.39, 0.29) is 18.0 Å². The van der Waals surface area contributed by atoms with Gasteiger partial charge in [-0.05, 0) is 25.8 Å². The summed E-state index contributed by atoms with van der Waals surface area (Å²) in [5.74, 6) is -1.11. The number of hydrogen-bond acceptors (Lipinski definition) is 3. The summed E-state index contributed by atoms with van der Waals surface area (Å²) >= 11 is 0. The Balaban J connectivity index is 1.94. The van der Waals surface area contributed by atoms with Gasteiger partial charge < -0.3 is 19.3 Å². The molecule has 0 saturated carbocycles. The van der Waals surface area contributed by atoms with Gasteiger partial charge in [-0.1, -0.05) is 0 Å². The highest BCUT2D eigenvalue weighted by Crippen LogP contribution is 2.24. The Hall–Kier alpha value is -1.98. The number of carboxylic acids is 1. The SMILES string of the molecule is CC1CC(C(=O)O)CCN1C(=O)N(C)Cc1ccoc1. The van der Waals surface area contributed by atoms with Crippen LogP contribution in [0.2, 0.25) is 0 Å². The van der Waals surface area contributed by atoms with Crippen LogP contribution in [0.15, 0.2) is 23.0 Å². The fourth-order valence-corrected chi connectivity index (χ4v) is 2.62. The van der Waals surface area contributed by atoms with Gasteiger partial charge in [-0.2, -0.15) is 0 Å². The summed E-state index contributed by atoms with van der Waals surface area (Å²) in [5, 5.41) is 9.04. The highest BCUT2D eigenvalue weighted by atomic mass is 16.4. The molecule has 1 aliphatic rings. The third-order valence-electron chi connectivity index (χ3n) is 3.80. The Labute approximate surface area is 118 Å². The van der Waals surface area contributed by atoms with Gasteiger partial charge in [-0.15, -0.1) is 0 Å². The molecule has 2 heterocycles. The molecule has 2 amide bonds. The standard InChI is InChI=1S/C14H20N2O4/c1-10-7-12(13(17)18)3-5-16(10)14(19)15(2)8-11-4-6-20-9-11/h4,6,9-10,12H,3,5,7-8H2,1-2H3,(H,17,18). The van der Waals surface area contributed by atoms with E-state index < -0.39 is 5.97 Å². The molecule has 0 radical (unpaired) electrons. The van der Waals surface area contributed by atoms with Crippen molar-refractivity contribution in [2.75, 3.05) is 13.6 Å². The Bertz CT molecular complexity index is 472. The number of urea groups is 1. The first-order valence-electron chi connectivity index (χ1n) is 6.74. The van der Waals surface area contributed by atoms with Crippen molar-refractivity contribution in [1.29, 1.82) is 0 Å². The molecular weight excluding hydrogens is 260 g/mol. The molecule has 6 nitrogen and oxygen atoms in total. The summed E-state index contributed by atoms with van der Waals surface area (Å²) < 4.78 is 4.99. The fourth-order valence-electron chi connectivity index (χ4n) is 2.62. The minimum absolute atomic E-state index is 0.0517. The molecule has 0 bridgehead atoms. The van der Waals surface area contributed by atoms with Crippen LogP contribution in [0.3, 0.4) is 0 Å². The maximum absolute atomic E-state index is 12.4. The van der Waals surface area contributed by atoms with E-state index in [4.69, 9.17) is 9.52 Å². The van der Waals surface area contributed by atoms with Crippen molar-refractivity contribution < 1.29 is 19.1 Å². The molecule has 1 aromatic heterocycles. The lowest BCUT2D eigenvalue weighted by Crippen LogP contribution is -2.50. The highest BCUT2D eigenvalue weighted by molar-refractivity contribution is 5.75. The molecule has 110 valence electrons. The highest BCUT2D eigenvalue weighted by Gasteiger charge is 2.33. The molecule has 1 N–H and O–H groups in total. The van der Waals surface area contributed by atoms with Crippen LogP contribution in [0.4, 0.5) is 4.79 Å². The van der Waals surface area contributed by atoms with Crippen molar-refractivity contribution in [3.63, 3.8) is 0 Å². The van der Waals surface area contributed by atoms with Crippen LogP contribution in [0, 0.1) is 5.92 Å². The summed E-state index contributed by atoms with van der Waals surface area (Å²) in [6.45, 7) is 2.88. The van der Waals surface area contributed by atoms with Gasteiger partial charge in [-0.25, -0.2) is 4.79 Å². The lowest BCUT2D eigenvalue weighted by Gasteiger charge is -2.38. The van der Waals surface area contributed by atoms with Crippen LogP contribution < -0.4 is 0 Å². The summed E-state index contributed by atoms with van der Waals surface area (Å²) in [6, 6.07) is 1.70. The first-order chi connectivity index (χ1) is 9.49. The number of likely N-dealkylation sites (tertiary alicyclic amines) is 1. The third kappa shape index (κ3) is 3.12.